The Kier molecular flexibility index (Phi) is 9.62. The fourth-order valence-electron chi connectivity index (χ4n) is 1.69. The van der Waals surface area contributed by atoms with Gasteiger partial charge in [0.25, 0.3) is 0 Å². The van der Waals surface area contributed by atoms with Crippen LogP contribution >= 0.6 is 0 Å². The van der Waals surface area contributed by atoms with Crippen LogP contribution in [-0.2, 0) is 30.4 Å². The molecule has 0 saturated carbocycles. The molecule has 1 atom stereocenters. The van der Waals surface area contributed by atoms with E-state index in [9.17, 15) is 9.59 Å². The number of nitrogens with two attached hydrogens (primary N) is 1. The molecular formula is C16H24N2O5. The van der Waals surface area contributed by atoms with Crippen LogP contribution in [0.1, 0.15) is 12.0 Å². The minimum Gasteiger partial charge on any atom is -0.461 e. The number of amides is 1. The predicted molar refractivity (Wildman–Crippen MR) is 84.5 cm³/mol. The van der Waals surface area contributed by atoms with Gasteiger partial charge in [-0.15, -0.1) is 0 Å². The average molecular weight is 324 g/mol. The first-order chi connectivity index (χ1) is 11.1. The summed E-state index contributed by atoms with van der Waals surface area (Å²) in [6.45, 7) is 1.82. The molecule has 23 heavy (non-hydrogen) atoms. The standard InChI is InChI=1S/C16H24N2O5/c1-21-9-10-22-8-7-18-16(20)14(17)11-15(19)23-12-13-5-3-2-4-6-13/h2-6,14H,7-12,17H2,1H3,(H,18,20). The smallest absolute Gasteiger partial charge is 0.308 e. The maximum atomic E-state index is 11.7. The molecule has 0 heterocycles. The first kappa shape index (κ1) is 19.1. The molecule has 1 aromatic rings. The Balaban J connectivity index is 2.14. The van der Waals surface area contributed by atoms with Crippen molar-refractivity contribution in [1.82, 2.24) is 5.32 Å². The van der Waals surface area contributed by atoms with Gasteiger partial charge in [-0.25, -0.2) is 0 Å². The Morgan fingerprint density at radius 3 is 2.61 bits per heavy atom. The number of carbonyl (C=O) groups excluding carboxylic acids is 2. The topological polar surface area (TPSA) is 99.9 Å². The van der Waals surface area contributed by atoms with Crippen molar-refractivity contribution >= 4 is 11.9 Å². The van der Waals surface area contributed by atoms with E-state index in [4.69, 9.17) is 19.9 Å². The van der Waals surface area contributed by atoms with Gasteiger partial charge < -0.3 is 25.3 Å². The molecule has 1 rings (SSSR count). The second kappa shape index (κ2) is 11.6. The highest BCUT2D eigenvalue weighted by atomic mass is 16.5. The van der Waals surface area contributed by atoms with Gasteiger partial charge in [0.1, 0.15) is 6.61 Å². The maximum absolute atomic E-state index is 11.7. The maximum Gasteiger partial charge on any atom is 0.308 e. The van der Waals surface area contributed by atoms with E-state index in [1.807, 2.05) is 30.3 Å². The second-order valence-corrected chi connectivity index (χ2v) is 4.85. The van der Waals surface area contributed by atoms with Crippen molar-refractivity contribution in [3.8, 4) is 0 Å². The zero-order valence-electron chi connectivity index (χ0n) is 13.3. The molecule has 7 nitrogen and oxygen atoms in total. The van der Waals surface area contributed by atoms with E-state index < -0.39 is 17.9 Å². The van der Waals surface area contributed by atoms with Crippen molar-refractivity contribution in [2.75, 3.05) is 33.5 Å². The summed E-state index contributed by atoms with van der Waals surface area (Å²) < 4.78 is 15.1. The summed E-state index contributed by atoms with van der Waals surface area (Å²) in [5.74, 6) is -0.912. The summed E-state index contributed by atoms with van der Waals surface area (Å²) in [5, 5.41) is 2.60. The molecule has 7 heteroatoms. The van der Waals surface area contributed by atoms with E-state index in [1.54, 1.807) is 7.11 Å². The Labute approximate surface area is 136 Å². The lowest BCUT2D eigenvalue weighted by molar-refractivity contribution is -0.146. The molecule has 0 saturated heterocycles. The molecule has 0 aromatic heterocycles. The summed E-state index contributed by atoms with van der Waals surface area (Å²) in [5.41, 5.74) is 6.56. The Hall–Kier alpha value is -1.96. The van der Waals surface area contributed by atoms with Crippen molar-refractivity contribution in [2.45, 2.75) is 19.1 Å². The SMILES string of the molecule is COCCOCCNC(=O)C(N)CC(=O)OCc1ccccc1. The number of benzene rings is 1. The summed E-state index contributed by atoms with van der Waals surface area (Å²) >= 11 is 0. The van der Waals surface area contributed by atoms with Crippen LogP contribution in [0.4, 0.5) is 0 Å². The van der Waals surface area contributed by atoms with Crippen LogP contribution in [0.5, 0.6) is 0 Å². The number of rotatable bonds is 11. The normalized spacial score (nSPS) is 11.7. The van der Waals surface area contributed by atoms with Crippen LogP contribution in [0.3, 0.4) is 0 Å². The molecule has 1 amide bonds. The van der Waals surface area contributed by atoms with Gasteiger partial charge in [-0.3, -0.25) is 9.59 Å². The lowest BCUT2D eigenvalue weighted by Gasteiger charge is -2.12. The Bertz CT molecular complexity index is 467. The molecule has 0 spiro atoms. The third-order valence-electron chi connectivity index (χ3n) is 2.94. The first-order valence-corrected chi connectivity index (χ1v) is 7.43. The van der Waals surface area contributed by atoms with E-state index in [-0.39, 0.29) is 13.0 Å². The lowest BCUT2D eigenvalue weighted by atomic mass is 10.2. The number of carbonyl (C=O) groups is 2. The van der Waals surface area contributed by atoms with E-state index >= 15 is 0 Å². The average Bonchev–Trinajstić information content (AvgIpc) is 2.56. The highest BCUT2D eigenvalue weighted by Crippen LogP contribution is 2.02. The molecule has 1 aromatic carbocycles. The number of methoxy groups -OCH3 is 1. The highest BCUT2D eigenvalue weighted by Gasteiger charge is 2.18. The Morgan fingerprint density at radius 2 is 1.91 bits per heavy atom. The zero-order valence-corrected chi connectivity index (χ0v) is 13.3. The van der Waals surface area contributed by atoms with Gasteiger partial charge in [-0.2, -0.15) is 0 Å². The monoisotopic (exact) mass is 324 g/mol. The second-order valence-electron chi connectivity index (χ2n) is 4.85. The number of hydrogen-bond acceptors (Lipinski definition) is 6. The van der Waals surface area contributed by atoms with E-state index in [2.05, 4.69) is 5.32 Å². The quantitative estimate of drug-likeness (QED) is 0.446. The molecule has 3 N–H and O–H groups in total. The zero-order chi connectivity index (χ0) is 16.9. The number of nitrogens with one attached hydrogen (secondary N) is 1. The van der Waals surface area contributed by atoms with Crippen LogP contribution in [0.25, 0.3) is 0 Å². The lowest BCUT2D eigenvalue weighted by Crippen LogP contribution is -2.43. The molecule has 0 bridgehead atoms. The molecule has 0 aliphatic carbocycles. The summed E-state index contributed by atoms with van der Waals surface area (Å²) in [7, 11) is 1.58. The minimum atomic E-state index is -0.933. The molecule has 0 aliphatic rings. The Morgan fingerprint density at radius 1 is 1.17 bits per heavy atom. The predicted octanol–water partition coefficient (Wildman–Crippen LogP) is 0.226. The van der Waals surface area contributed by atoms with Crippen LogP contribution in [0.2, 0.25) is 0 Å². The fraction of sp³-hybridized carbons (Fsp3) is 0.500. The summed E-state index contributed by atoms with van der Waals surface area (Å²) in [6, 6.07) is 8.36. The molecule has 0 fully saturated rings. The van der Waals surface area contributed by atoms with Gasteiger partial charge in [-0.1, -0.05) is 30.3 Å². The van der Waals surface area contributed by atoms with Crippen LogP contribution in [-0.4, -0.2) is 51.4 Å². The third kappa shape index (κ3) is 8.92. The van der Waals surface area contributed by atoms with Crippen LogP contribution in [0, 0.1) is 0 Å². The van der Waals surface area contributed by atoms with Crippen LogP contribution < -0.4 is 11.1 Å². The third-order valence-corrected chi connectivity index (χ3v) is 2.94. The number of hydrogen-bond donors (Lipinski definition) is 2. The molecule has 0 aliphatic heterocycles. The summed E-state index contributed by atoms with van der Waals surface area (Å²) in [6.07, 6.45) is -0.163. The largest absolute Gasteiger partial charge is 0.461 e. The van der Waals surface area contributed by atoms with Gasteiger partial charge in [-0.05, 0) is 5.56 Å². The first-order valence-electron chi connectivity index (χ1n) is 7.43. The van der Waals surface area contributed by atoms with Crippen molar-refractivity contribution < 1.29 is 23.8 Å². The number of esters is 1. The fourth-order valence-corrected chi connectivity index (χ4v) is 1.69. The van der Waals surface area contributed by atoms with Gasteiger partial charge in [0, 0.05) is 13.7 Å². The summed E-state index contributed by atoms with van der Waals surface area (Å²) in [4.78, 5) is 23.4. The van der Waals surface area contributed by atoms with Gasteiger partial charge in [0.2, 0.25) is 5.91 Å². The van der Waals surface area contributed by atoms with Crippen molar-refractivity contribution in [3.63, 3.8) is 0 Å². The van der Waals surface area contributed by atoms with Crippen molar-refractivity contribution in [2.24, 2.45) is 5.73 Å². The molecule has 128 valence electrons. The van der Waals surface area contributed by atoms with Gasteiger partial charge in [0.05, 0.1) is 32.3 Å². The molecular weight excluding hydrogens is 300 g/mol. The highest BCUT2D eigenvalue weighted by molar-refractivity contribution is 5.86. The number of ether oxygens (including phenoxy) is 3. The van der Waals surface area contributed by atoms with Crippen molar-refractivity contribution in [3.05, 3.63) is 35.9 Å². The van der Waals surface area contributed by atoms with E-state index in [0.717, 1.165) is 5.56 Å². The van der Waals surface area contributed by atoms with Crippen LogP contribution in [0.15, 0.2) is 30.3 Å². The van der Waals surface area contributed by atoms with E-state index in [1.165, 1.54) is 0 Å². The van der Waals surface area contributed by atoms with Gasteiger partial charge in [0.15, 0.2) is 0 Å². The van der Waals surface area contributed by atoms with Gasteiger partial charge >= 0.3 is 5.97 Å². The minimum absolute atomic E-state index is 0.163. The van der Waals surface area contributed by atoms with E-state index in [0.29, 0.717) is 26.4 Å². The van der Waals surface area contributed by atoms with Crippen molar-refractivity contribution in [1.29, 1.82) is 0 Å². The molecule has 0 radical (unpaired) electrons. The molecule has 1 unspecified atom stereocenters.